The molecular weight excluding hydrogens is 1080 g/mol. The number of rotatable bonds is 12. The second-order valence-corrected chi connectivity index (χ2v) is 20.2. The molecule has 2 aliphatic rings. The number of carbonyl (C=O) groups is 2. The summed E-state index contributed by atoms with van der Waals surface area (Å²) in [4.78, 5) is 99.1. The molecule has 5 aromatic heterocycles. The number of fused-ring (bicyclic) bond motifs is 3. The smallest absolute Gasteiger partial charge is 0.337 e. The molecule has 1 aliphatic carbocycles. The second-order valence-electron chi connectivity index (χ2n) is 17.9. The minimum Gasteiger partial charge on any atom is -0.457 e. The van der Waals surface area contributed by atoms with Crippen LogP contribution in [0.5, 0.6) is 12.0 Å². The van der Waals surface area contributed by atoms with E-state index in [1.165, 1.54) is 23.1 Å². The Kier molecular flexibility index (Phi) is 16.2. The van der Waals surface area contributed by atoms with Crippen molar-refractivity contribution in [2.45, 2.75) is 90.7 Å². The number of nitrogens with zero attached hydrogens (tertiary/aromatic N) is 3. The van der Waals surface area contributed by atoms with Crippen molar-refractivity contribution in [1.29, 1.82) is 0 Å². The van der Waals surface area contributed by atoms with Crippen LogP contribution in [0, 0.1) is 12.8 Å². The number of ether oxygens (including phenoxy) is 2. The SMILES string of the molecule is CCc1cc(=O)oc2nc(O[C@H](C)c3cc(C)cc(Br)c3)[nH]c(=O)c12.CCc1cc(=O)oc2nc(O[C@H](C)c3ccc(-c4ccccc4)cc3)[nH]c(=O)c12.C[C@H](Br)c1cc(=O)oc2c1C(=O)N(CC1CC1)C(=O)C2. The largest absolute Gasteiger partial charge is 0.457 e. The number of aromatic amines is 2. The summed E-state index contributed by atoms with van der Waals surface area (Å²) in [6.07, 6.45) is 2.46. The van der Waals surface area contributed by atoms with Crippen molar-refractivity contribution < 1.29 is 32.3 Å². The van der Waals surface area contributed by atoms with Crippen LogP contribution in [0.3, 0.4) is 0 Å². The van der Waals surface area contributed by atoms with E-state index >= 15 is 0 Å². The summed E-state index contributed by atoms with van der Waals surface area (Å²) in [7, 11) is 0. The molecule has 2 amide bonds. The van der Waals surface area contributed by atoms with Crippen LogP contribution in [0.4, 0.5) is 0 Å². The third-order valence-electron chi connectivity index (χ3n) is 12.4. The predicted octanol–water partition coefficient (Wildman–Crippen LogP) is 9.93. The summed E-state index contributed by atoms with van der Waals surface area (Å²) in [6, 6.07) is 28.0. The van der Waals surface area contributed by atoms with E-state index in [9.17, 15) is 33.6 Å². The Hall–Kier alpha value is -7.51. The fourth-order valence-electron chi connectivity index (χ4n) is 8.44. The van der Waals surface area contributed by atoms with Gasteiger partial charge in [-0.2, -0.15) is 9.97 Å². The lowest BCUT2D eigenvalue weighted by Gasteiger charge is -2.27. The average Bonchev–Trinajstić information content (AvgIpc) is 4.19. The first-order valence-electron chi connectivity index (χ1n) is 23.9. The first-order chi connectivity index (χ1) is 35.4. The molecule has 0 saturated heterocycles. The standard InChI is InChI=1S/C23H20N2O4.C18H17BrN2O4.C14H14BrNO4/c1-3-15-13-19(26)29-22-20(15)21(27)24-23(25-22)28-14(2)16-9-11-18(12-10-16)17-7-5-4-6-8-17;1-4-11-8-14(22)25-17-15(11)16(23)20-18(21-17)24-10(3)12-5-9(2)6-13(19)7-12;1-7(15)9-4-12(18)20-10-5-11(17)16(6-8-2-3-8)14(19)13(9)10/h4-14H,3H2,1-2H3,(H,24,25,27);5-8,10H,4H2,1-3H3,(H,20,21,23);4,7-8H,2-3,5-6H2,1H3/t14-;10-;7-/m110/s1. The Morgan fingerprint density at radius 1 is 0.676 bits per heavy atom. The van der Waals surface area contributed by atoms with E-state index in [1.54, 1.807) is 0 Å². The van der Waals surface area contributed by atoms with E-state index < -0.39 is 28.0 Å². The maximum Gasteiger partial charge on any atom is 0.337 e. The Morgan fingerprint density at radius 2 is 1.20 bits per heavy atom. The monoisotopic (exact) mass is 1130 g/mol. The van der Waals surface area contributed by atoms with Crippen molar-refractivity contribution in [2.24, 2.45) is 5.92 Å². The highest BCUT2D eigenvalue weighted by atomic mass is 79.9. The normalized spacial score (nSPS) is 14.3. The third kappa shape index (κ3) is 12.3. The van der Waals surface area contributed by atoms with E-state index in [-0.39, 0.29) is 75.3 Å². The summed E-state index contributed by atoms with van der Waals surface area (Å²) >= 11 is 6.84. The zero-order chi connectivity index (χ0) is 53.0. The highest BCUT2D eigenvalue weighted by molar-refractivity contribution is 9.10. The van der Waals surface area contributed by atoms with Crippen LogP contribution < -0.4 is 37.5 Å². The molecule has 382 valence electrons. The van der Waals surface area contributed by atoms with E-state index in [4.69, 9.17) is 22.7 Å². The van der Waals surface area contributed by atoms with E-state index in [2.05, 4.69) is 63.9 Å². The number of carbonyl (C=O) groups excluding carboxylic acids is 2. The number of imide groups is 1. The number of nitrogens with one attached hydrogen (secondary N) is 2. The lowest BCUT2D eigenvalue weighted by Crippen LogP contribution is -2.44. The molecule has 0 unspecified atom stereocenters. The Balaban J connectivity index is 0.000000150. The third-order valence-corrected chi connectivity index (χ3v) is 13.4. The molecule has 3 atom stereocenters. The quantitative estimate of drug-likeness (QED) is 0.0855. The van der Waals surface area contributed by atoms with E-state index in [0.29, 0.717) is 47.6 Å². The van der Waals surface area contributed by atoms with Crippen LogP contribution >= 0.6 is 31.9 Å². The summed E-state index contributed by atoms with van der Waals surface area (Å²) < 4.78 is 27.8. The molecule has 3 aromatic carbocycles. The minimum atomic E-state index is -0.539. The number of H-pyrrole nitrogens is 2. The molecule has 0 spiro atoms. The summed E-state index contributed by atoms with van der Waals surface area (Å²) in [6.45, 7) is 11.7. The zero-order valence-electron chi connectivity index (χ0n) is 41.2. The lowest BCUT2D eigenvalue weighted by molar-refractivity contribution is -0.129. The van der Waals surface area contributed by atoms with Gasteiger partial charge in [0.25, 0.3) is 29.0 Å². The van der Waals surface area contributed by atoms with Gasteiger partial charge in [-0.3, -0.25) is 34.0 Å². The van der Waals surface area contributed by atoms with Gasteiger partial charge < -0.3 is 22.7 Å². The van der Waals surface area contributed by atoms with Gasteiger partial charge in [-0.15, -0.1) is 0 Å². The van der Waals surface area contributed by atoms with E-state index in [1.807, 2.05) is 102 Å². The van der Waals surface area contributed by atoms with Crippen LogP contribution in [0.1, 0.15) is 114 Å². The van der Waals surface area contributed by atoms with Gasteiger partial charge in [0.2, 0.25) is 17.3 Å². The van der Waals surface area contributed by atoms with Crippen molar-refractivity contribution in [3.8, 4) is 23.1 Å². The van der Waals surface area contributed by atoms with E-state index in [0.717, 1.165) is 45.1 Å². The van der Waals surface area contributed by atoms with Crippen molar-refractivity contribution in [1.82, 2.24) is 24.8 Å². The molecule has 10 rings (SSSR count). The number of halogens is 2. The van der Waals surface area contributed by atoms with Gasteiger partial charge in [0.05, 0.1) is 12.0 Å². The second kappa shape index (κ2) is 22.7. The number of aromatic nitrogens is 4. The number of aryl methyl sites for hydroxylation is 3. The maximum absolute atomic E-state index is 12.5. The molecule has 6 heterocycles. The molecule has 8 aromatic rings. The van der Waals surface area contributed by atoms with Gasteiger partial charge in [0.1, 0.15) is 28.7 Å². The molecule has 1 saturated carbocycles. The van der Waals surface area contributed by atoms with Crippen molar-refractivity contribution in [3.05, 3.63) is 192 Å². The molecule has 0 bridgehead atoms. The maximum atomic E-state index is 12.5. The van der Waals surface area contributed by atoms with Gasteiger partial charge in [-0.05, 0) is 116 Å². The average molecular weight is 1130 g/mol. The summed E-state index contributed by atoms with van der Waals surface area (Å²) in [5, 5.41) is 0.555. The molecule has 17 nitrogen and oxygen atoms in total. The van der Waals surface area contributed by atoms with Crippen molar-refractivity contribution >= 4 is 65.9 Å². The predicted molar refractivity (Wildman–Crippen MR) is 284 cm³/mol. The van der Waals surface area contributed by atoms with Crippen LogP contribution in [0.25, 0.3) is 33.3 Å². The Bertz CT molecular complexity index is 3690. The number of amides is 2. The number of alkyl halides is 1. The van der Waals surface area contributed by atoms with Gasteiger partial charge >= 0.3 is 16.9 Å². The van der Waals surface area contributed by atoms with Crippen LogP contribution in [0.15, 0.2) is 133 Å². The van der Waals surface area contributed by atoms with Gasteiger partial charge in [-0.25, -0.2) is 14.4 Å². The molecule has 0 radical (unpaired) electrons. The number of hydrogen-bond donors (Lipinski definition) is 2. The molecule has 1 aliphatic heterocycles. The van der Waals surface area contributed by atoms with Gasteiger partial charge in [0, 0.05) is 34.0 Å². The molecule has 19 heteroatoms. The first kappa shape index (κ1) is 52.8. The minimum absolute atomic E-state index is 0.0125. The molecule has 2 N–H and O–H groups in total. The zero-order valence-corrected chi connectivity index (χ0v) is 44.4. The first-order valence-corrected chi connectivity index (χ1v) is 25.7. The Morgan fingerprint density at radius 3 is 1.72 bits per heavy atom. The summed E-state index contributed by atoms with van der Waals surface area (Å²) in [5.74, 6) is 0.0102. The number of benzene rings is 3. The van der Waals surface area contributed by atoms with Crippen LogP contribution in [0.2, 0.25) is 0 Å². The highest BCUT2D eigenvalue weighted by Crippen LogP contribution is 2.35. The van der Waals surface area contributed by atoms with Crippen molar-refractivity contribution in [2.75, 3.05) is 6.54 Å². The molecule has 1 fully saturated rings. The van der Waals surface area contributed by atoms with Gasteiger partial charge in [-0.1, -0.05) is 106 Å². The van der Waals surface area contributed by atoms with Gasteiger partial charge in [0.15, 0.2) is 0 Å². The molecular formula is C55H51Br2N5O12. The van der Waals surface area contributed by atoms with Crippen molar-refractivity contribution in [3.63, 3.8) is 0 Å². The lowest BCUT2D eigenvalue weighted by atomic mass is 9.98. The number of hydrogen-bond acceptors (Lipinski definition) is 14. The van der Waals surface area contributed by atoms with Crippen LogP contribution in [-0.2, 0) is 24.1 Å². The highest BCUT2D eigenvalue weighted by Gasteiger charge is 2.38. The summed E-state index contributed by atoms with van der Waals surface area (Å²) in [5.41, 5.74) is 4.92. The topological polar surface area (TPSA) is 238 Å². The van der Waals surface area contributed by atoms with Crippen LogP contribution in [-0.4, -0.2) is 43.2 Å². The molecule has 74 heavy (non-hydrogen) atoms. The Labute approximate surface area is 439 Å². The fraction of sp³-hybridized carbons (Fsp3) is 0.291. The fourth-order valence-corrected chi connectivity index (χ4v) is 9.43.